The monoisotopic (exact) mass is 293 g/mol. The second-order valence-corrected chi connectivity index (χ2v) is 6.35. The van der Waals surface area contributed by atoms with Gasteiger partial charge in [0, 0.05) is 23.7 Å². The van der Waals surface area contributed by atoms with Gasteiger partial charge in [-0.15, -0.1) is 0 Å². The van der Waals surface area contributed by atoms with E-state index in [-0.39, 0.29) is 5.82 Å². The number of methoxy groups -OCH3 is 1. The molecule has 1 atom stereocenters. The van der Waals surface area contributed by atoms with Gasteiger partial charge in [0.25, 0.3) is 0 Å². The summed E-state index contributed by atoms with van der Waals surface area (Å²) in [5.41, 5.74) is 0.874. The van der Waals surface area contributed by atoms with Crippen molar-refractivity contribution < 1.29 is 13.9 Å². The van der Waals surface area contributed by atoms with Crippen LogP contribution < -0.4 is 9.47 Å². The standard InChI is InChI=1S/C17H24FNO2/c1-11(2)19(12-5-4-6-12)13-9-14-16(20-3)8-7-15(18)17(14)21-10-13/h7-8,11-13H,4-6,9-10H2,1-3H3. The number of halogens is 1. The number of fused-ring (bicyclic) bond motifs is 1. The van der Waals surface area contributed by atoms with Crippen molar-refractivity contribution >= 4 is 0 Å². The Labute approximate surface area is 126 Å². The fraction of sp³-hybridized carbons (Fsp3) is 0.647. The van der Waals surface area contributed by atoms with Crippen LogP contribution in [-0.2, 0) is 6.42 Å². The number of ether oxygens (including phenoxy) is 2. The highest BCUT2D eigenvalue weighted by Crippen LogP contribution is 2.38. The third-order valence-electron chi connectivity index (χ3n) is 4.76. The maximum atomic E-state index is 13.9. The highest BCUT2D eigenvalue weighted by Gasteiger charge is 2.36. The van der Waals surface area contributed by atoms with Crippen molar-refractivity contribution in [3.05, 3.63) is 23.5 Å². The SMILES string of the molecule is COc1ccc(F)c2c1CC(N(C(C)C)C1CCC1)CO2. The average Bonchev–Trinajstić information content (AvgIpc) is 2.42. The van der Waals surface area contributed by atoms with Crippen molar-refractivity contribution in [2.75, 3.05) is 13.7 Å². The van der Waals surface area contributed by atoms with Crippen molar-refractivity contribution in [1.29, 1.82) is 0 Å². The normalized spacial score (nSPS) is 21.9. The van der Waals surface area contributed by atoms with Gasteiger partial charge in [0.2, 0.25) is 0 Å². The molecule has 3 rings (SSSR count). The van der Waals surface area contributed by atoms with Gasteiger partial charge in [-0.2, -0.15) is 0 Å². The van der Waals surface area contributed by atoms with Crippen molar-refractivity contribution in [1.82, 2.24) is 4.90 Å². The lowest BCUT2D eigenvalue weighted by Crippen LogP contribution is -2.54. The van der Waals surface area contributed by atoms with E-state index in [9.17, 15) is 4.39 Å². The van der Waals surface area contributed by atoms with Gasteiger partial charge >= 0.3 is 0 Å². The van der Waals surface area contributed by atoms with E-state index in [1.54, 1.807) is 13.2 Å². The van der Waals surface area contributed by atoms with Crippen LogP contribution in [-0.4, -0.2) is 36.7 Å². The first-order chi connectivity index (χ1) is 10.1. The molecule has 0 N–H and O–H groups in total. The summed E-state index contributed by atoms with van der Waals surface area (Å²) in [5.74, 6) is 0.820. The zero-order valence-corrected chi connectivity index (χ0v) is 13.1. The van der Waals surface area contributed by atoms with Gasteiger partial charge in [-0.1, -0.05) is 6.42 Å². The van der Waals surface area contributed by atoms with Gasteiger partial charge in [0.15, 0.2) is 11.6 Å². The summed E-state index contributed by atoms with van der Waals surface area (Å²) in [6, 6.07) is 4.55. The Bertz CT molecular complexity index is 514. The fourth-order valence-corrected chi connectivity index (χ4v) is 3.61. The summed E-state index contributed by atoms with van der Waals surface area (Å²) in [6.07, 6.45) is 4.64. The van der Waals surface area contributed by atoms with E-state index in [1.165, 1.54) is 25.3 Å². The summed E-state index contributed by atoms with van der Waals surface area (Å²) in [7, 11) is 1.63. The number of nitrogens with zero attached hydrogens (tertiary/aromatic N) is 1. The Kier molecular flexibility index (Phi) is 4.07. The summed E-state index contributed by atoms with van der Waals surface area (Å²) >= 11 is 0. The Hall–Kier alpha value is -1.29. The molecule has 1 aliphatic heterocycles. The van der Waals surface area contributed by atoms with E-state index in [0.717, 1.165) is 17.7 Å². The maximum Gasteiger partial charge on any atom is 0.165 e. The van der Waals surface area contributed by atoms with Crippen molar-refractivity contribution in [3.63, 3.8) is 0 Å². The van der Waals surface area contributed by atoms with Gasteiger partial charge in [-0.05, 0) is 45.2 Å². The number of hydrogen-bond acceptors (Lipinski definition) is 3. The highest BCUT2D eigenvalue weighted by molar-refractivity contribution is 5.47. The molecule has 1 unspecified atom stereocenters. The number of rotatable bonds is 4. The molecule has 0 amide bonds. The minimum absolute atomic E-state index is 0.288. The maximum absolute atomic E-state index is 13.9. The molecule has 0 radical (unpaired) electrons. The first-order valence-corrected chi connectivity index (χ1v) is 7.87. The Balaban J connectivity index is 1.87. The zero-order chi connectivity index (χ0) is 15.0. The molecular formula is C17H24FNO2. The molecule has 1 saturated carbocycles. The smallest absolute Gasteiger partial charge is 0.165 e. The molecule has 1 aliphatic carbocycles. The molecular weight excluding hydrogens is 269 g/mol. The summed E-state index contributed by atoms with van der Waals surface area (Å²) < 4.78 is 25.1. The zero-order valence-electron chi connectivity index (χ0n) is 13.1. The van der Waals surface area contributed by atoms with Crippen LogP contribution in [0.2, 0.25) is 0 Å². The van der Waals surface area contributed by atoms with Crippen LogP contribution in [0, 0.1) is 5.82 Å². The molecule has 0 spiro atoms. The van der Waals surface area contributed by atoms with Gasteiger partial charge < -0.3 is 9.47 Å². The van der Waals surface area contributed by atoms with Crippen molar-refractivity contribution in [2.24, 2.45) is 0 Å². The molecule has 1 aromatic rings. The second kappa shape index (κ2) is 5.84. The lowest BCUT2D eigenvalue weighted by Gasteiger charge is -2.46. The van der Waals surface area contributed by atoms with Crippen LogP contribution in [0.1, 0.15) is 38.7 Å². The molecule has 1 heterocycles. The summed E-state index contributed by atoms with van der Waals surface area (Å²) in [5, 5.41) is 0. The van der Waals surface area contributed by atoms with Crippen LogP contribution in [0.3, 0.4) is 0 Å². The molecule has 2 aliphatic rings. The van der Waals surface area contributed by atoms with Crippen LogP contribution in [0.4, 0.5) is 4.39 Å². The lowest BCUT2D eigenvalue weighted by molar-refractivity contribution is 0.0181. The largest absolute Gasteiger partial charge is 0.496 e. The first-order valence-electron chi connectivity index (χ1n) is 7.87. The quantitative estimate of drug-likeness (QED) is 0.849. The minimum Gasteiger partial charge on any atom is -0.496 e. The number of hydrogen-bond donors (Lipinski definition) is 0. The highest BCUT2D eigenvalue weighted by atomic mass is 19.1. The van der Waals surface area contributed by atoms with Crippen LogP contribution >= 0.6 is 0 Å². The van der Waals surface area contributed by atoms with E-state index >= 15 is 0 Å². The topological polar surface area (TPSA) is 21.7 Å². The fourth-order valence-electron chi connectivity index (χ4n) is 3.61. The summed E-state index contributed by atoms with van der Waals surface area (Å²) in [6.45, 7) is 5.03. The van der Waals surface area contributed by atoms with Gasteiger partial charge in [-0.3, -0.25) is 4.90 Å². The Morgan fingerprint density at radius 3 is 2.62 bits per heavy atom. The van der Waals surface area contributed by atoms with E-state index in [2.05, 4.69) is 18.7 Å². The van der Waals surface area contributed by atoms with Crippen molar-refractivity contribution in [3.8, 4) is 11.5 Å². The van der Waals surface area contributed by atoms with E-state index in [1.807, 2.05) is 0 Å². The second-order valence-electron chi connectivity index (χ2n) is 6.35. The molecule has 0 saturated heterocycles. The third-order valence-corrected chi connectivity index (χ3v) is 4.76. The molecule has 0 bridgehead atoms. The molecule has 1 aromatic carbocycles. The molecule has 21 heavy (non-hydrogen) atoms. The predicted octanol–water partition coefficient (Wildman–Crippen LogP) is 3.40. The molecule has 1 fully saturated rings. The van der Waals surface area contributed by atoms with Crippen LogP contribution in [0.25, 0.3) is 0 Å². The van der Waals surface area contributed by atoms with Crippen LogP contribution in [0.15, 0.2) is 12.1 Å². The van der Waals surface area contributed by atoms with Gasteiger partial charge in [0.1, 0.15) is 12.4 Å². The Morgan fingerprint density at radius 2 is 2.05 bits per heavy atom. The predicted molar refractivity (Wildman–Crippen MR) is 80.6 cm³/mol. The van der Waals surface area contributed by atoms with Gasteiger partial charge in [0.05, 0.1) is 7.11 Å². The summed E-state index contributed by atoms with van der Waals surface area (Å²) in [4.78, 5) is 2.55. The minimum atomic E-state index is -0.288. The van der Waals surface area contributed by atoms with E-state index in [0.29, 0.717) is 30.5 Å². The lowest BCUT2D eigenvalue weighted by atomic mass is 9.87. The molecule has 0 aromatic heterocycles. The third kappa shape index (κ3) is 2.61. The molecule has 116 valence electrons. The van der Waals surface area contributed by atoms with E-state index in [4.69, 9.17) is 9.47 Å². The first kappa shape index (κ1) is 14.6. The average molecular weight is 293 g/mol. The van der Waals surface area contributed by atoms with Crippen LogP contribution in [0.5, 0.6) is 11.5 Å². The Morgan fingerprint density at radius 1 is 1.29 bits per heavy atom. The van der Waals surface area contributed by atoms with E-state index < -0.39 is 0 Å². The number of benzene rings is 1. The van der Waals surface area contributed by atoms with Gasteiger partial charge in [-0.25, -0.2) is 4.39 Å². The molecule has 4 heteroatoms. The molecule has 3 nitrogen and oxygen atoms in total. The van der Waals surface area contributed by atoms with Crippen molar-refractivity contribution in [2.45, 2.75) is 57.7 Å².